The molecule has 0 N–H and O–H groups in total. The molecule has 0 amide bonds. The van der Waals surface area contributed by atoms with E-state index in [-0.39, 0.29) is 0 Å². The van der Waals surface area contributed by atoms with Gasteiger partial charge in [0.2, 0.25) is 0 Å². The van der Waals surface area contributed by atoms with Gasteiger partial charge in [-0.15, -0.1) is 0 Å². The lowest BCUT2D eigenvalue weighted by molar-refractivity contribution is -0.173. The minimum atomic E-state index is -4.65. The Balaban J connectivity index is 3.12. The van der Waals surface area contributed by atoms with Crippen LogP contribution in [0.25, 0.3) is 0 Å². The second-order valence-electron chi connectivity index (χ2n) is 6.74. The first kappa shape index (κ1) is 19.0. The number of alkyl halides is 3. The zero-order chi connectivity index (χ0) is 17.4. The lowest BCUT2D eigenvalue weighted by Crippen LogP contribution is -2.45. The Labute approximate surface area is 129 Å². The van der Waals surface area contributed by atoms with E-state index in [4.69, 9.17) is 9.31 Å². The van der Waals surface area contributed by atoms with E-state index in [2.05, 4.69) is 6.58 Å². The van der Waals surface area contributed by atoms with Crippen molar-refractivity contribution in [3.05, 3.63) is 24.8 Å². The van der Waals surface area contributed by atoms with Crippen molar-refractivity contribution in [2.75, 3.05) is 0 Å². The maximum atomic E-state index is 13.6. The summed E-state index contributed by atoms with van der Waals surface area (Å²) in [5.41, 5.74) is -1.80. The van der Waals surface area contributed by atoms with Crippen molar-refractivity contribution in [3.63, 3.8) is 0 Å². The molecule has 3 nitrogen and oxygen atoms in total. The Morgan fingerprint density at radius 2 is 1.64 bits per heavy atom. The van der Waals surface area contributed by atoms with E-state index in [1.54, 1.807) is 27.7 Å². The smallest absolute Gasteiger partial charge is 0.403 e. The van der Waals surface area contributed by atoms with Crippen LogP contribution in [0.15, 0.2) is 24.8 Å². The first-order valence-corrected chi connectivity index (χ1v) is 7.01. The zero-order valence-electron chi connectivity index (χ0n) is 13.6. The zero-order valence-corrected chi connectivity index (χ0v) is 13.6. The van der Waals surface area contributed by atoms with E-state index in [9.17, 15) is 18.0 Å². The van der Waals surface area contributed by atoms with E-state index in [0.717, 1.165) is 13.0 Å². The van der Waals surface area contributed by atoms with Gasteiger partial charge in [-0.1, -0.05) is 25.7 Å². The van der Waals surface area contributed by atoms with Crippen LogP contribution in [-0.4, -0.2) is 30.3 Å². The number of hydrogen-bond donors (Lipinski definition) is 0. The van der Waals surface area contributed by atoms with Crippen LogP contribution in [0.5, 0.6) is 0 Å². The largest absolute Gasteiger partial charge is 0.474 e. The fourth-order valence-electron chi connectivity index (χ4n) is 2.02. The fourth-order valence-corrected chi connectivity index (χ4v) is 2.02. The van der Waals surface area contributed by atoms with Crippen molar-refractivity contribution in [2.45, 2.75) is 63.7 Å². The molecule has 22 heavy (non-hydrogen) atoms. The number of rotatable bonds is 5. The summed E-state index contributed by atoms with van der Waals surface area (Å²) in [6.45, 7) is 11.0. The van der Waals surface area contributed by atoms with Crippen molar-refractivity contribution >= 4 is 12.9 Å². The highest BCUT2D eigenvalue weighted by Gasteiger charge is 2.67. The number of ketones is 1. The average Bonchev–Trinajstić information content (AvgIpc) is 2.54. The normalized spacial score (nSPS) is 23.5. The third kappa shape index (κ3) is 3.46. The summed E-state index contributed by atoms with van der Waals surface area (Å²) in [7, 11) is -1.54. The predicted molar refractivity (Wildman–Crippen MR) is 79.5 cm³/mol. The topological polar surface area (TPSA) is 35.5 Å². The lowest BCUT2D eigenvalue weighted by Gasteiger charge is -2.32. The Morgan fingerprint density at radius 1 is 1.18 bits per heavy atom. The van der Waals surface area contributed by atoms with Crippen LogP contribution in [-0.2, 0) is 14.1 Å². The van der Waals surface area contributed by atoms with E-state index in [0.29, 0.717) is 0 Å². The molecule has 1 fully saturated rings. The lowest BCUT2D eigenvalue weighted by atomic mass is 9.55. The van der Waals surface area contributed by atoms with Gasteiger partial charge in [0.1, 0.15) is 5.31 Å². The summed E-state index contributed by atoms with van der Waals surface area (Å²) in [6.07, 6.45) is -1.69. The molecule has 124 valence electrons. The molecule has 1 aliphatic rings. The molecule has 7 heteroatoms. The van der Waals surface area contributed by atoms with Crippen molar-refractivity contribution in [1.29, 1.82) is 0 Å². The van der Waals surface area contributed by atoms with Gasteiger partial charge in [-0.3, -0.25) is 4.79 Å². The first-order valence-electron chi connectivity index (χ1n) is 7.01. The third-order valence-corrected chi connectivity index (χ3v) is 4.38. The minimum Gasteiger partial charge on any atom is -0.403 e. The number of hydrogen-bond acceptors (Lipinski definition) is 3. The van der Waals surface area contributed by atoms with E-state index >= 15 is 0 Å². The first-order chi connectivity index (χ1) is 9.77. The monoisotopic (exact) mass is 318 g/mol. The summed E-state index contributed by atoms with van der Waals surface area (Å²) < 4.78 is 51.8. The molecule has 1 atom stereocenters. The highest BCUT2D eigenvalue weighted by atomic mass is 19.4. The molecule has 0 aromatic carbocycles. The standard InChI is InChI=1S/C15H22BF3O3/c1-7-8-9-11(20)10-14(6,15(17,18)19)16-21-12(2,3)13(4,5)22-16/h7-9H,1,10H2,2-6H3/t14-/m0/s1. The van der Waals surface area contributed by atoms with E-state index in [1.165, 1.54) is 12.2 Å². The van der Waals surface area contributed by atoms with Crippen molar-refractivity contribution in [2.24, 2.45) is 0 Å². The van der Waals surface area contributed by atoms with Gasteiger partial charge in [-0.2, -0.15) is 13.2 Å². The molecule has 1 saturated heterocycles. The molecule has 0 unspecified atom stereocenters. The van der Waals surface area contributed by atoms with Crippen LogP contribution in [0, 0.1) is 0 Å². The maximum Gasteiger partial charge on any atom is 0.474 e. The number of allylic oxidation sites excluding steroid dienone is 3. The minimum absolute atomic E-state index is 0.658. The van der Waals surface area contributed by atoms with Crippen molar-refractivity contribution in [1.82, 2.24) is 0 Å². The quantitative estimate of drug-likeness (QED) is 0.435. The molecular formula is C15H22BF3O3. The second-order valence-corrected chi connectivity index (χ2v) is 6.74. The molecule has 1 aliphatic heterocycles. The summed E-state index contributed by atoms with van der Waals surface area (Å²) in [4.78, 5) is 11.8. The Bertz CT molecular complexity index is 467. The number of carbonyl (C=O) groups is 1. The van der Waals surface area contributed by atoms with Crippen molar-refractivity contribution < 1.29 is 27.3 Å². The number of carbonyl (C=O) groups excluding carboxylic acids is 1. The molecule has 0 bridgehead atoms. The van der Waals surface area contributed by atoms with Gasteiger partial charge >= 0.3 is 13.3 Å². The third-order valence-electron chi connectivity index (χ3n) is 4.38. The van der Waals surface area contributed by atoms with Gasteiger partial charge in [0, 0.05) is 6.42 Å². The molecule has 0 saturated carbocycles. The van der Waals surface area contributed by atoms with Crippen LogP contribution in [0.4, 0.5) is 13.2 Å². The summed E-state index contributed by atoms with van der Waals surface area (Å²) in [6, 6.07) is 0. The van der Waals surface area contributed by atoms with Crippen LogP contribution in [0.2, 0.25) is 5.31 Å². The molecule has 0 radical (unpaired) electrons. The van der Waals surface area contributed by atoms with Gasteiger partial charge in [0.25, 0.3) is 0 Å². The molecule has 1 rings (SSSR count). The van der Waals surface area contributed by atoms with Crippen molar-refractivity contribution in [3.8, 4) is 0 Å². The SMILES string of the molecule is C=CC=CC(=O)C[C@](C)(B1OC(C)(C)C(C)(C)O1)C(F)(F)F. The van der Waals surface area contributed by atoms with Crippen LogP contribution >= 0.6 is 0 Å². The second kappa shape index (κ2) is 5.85. The molecular weight excluding hydrogens is 296 g/mol. The molecule has 0 aromatic rings. The summed E-state index contributed by atoms with van der Waals surface area (Å²) in [5, 5.41) is -2.43. The van der Waals surface area contributed by atoms with Gasteiger partial charge in [-0.25, -0.2) is 0 Å². The Kier molecular flexibility index (Phi) is 5.05. The Morgan fingerprint density at radius 3 is 2.00 bits per heavy atom. The fraction of sp³-hybridized carbons (Fsp3) is 0.667. The molecule has 0 aliphatic carbocycles. The molecule has 0 aromatic heterocycles. The van der Waals surface area contributed by atoms with Gasteiger partial charge < -0.3 is 9.31 Å². The van der Waals surface area contributed by atoms with Crippen LogP contribution < -0.4 is 0 Å². The average molecular weight is 318 g/mol. The predicted octanol–water partition coefficient (Wildman–Crippen LogP) is 4.10. The van der Waals surface area contributed by atoms with Gasteiger partial charge in [0.05, 0.1) is 11.2 Å². The maximum absolute atomic E-state index is 13.6. The number of halogens is 3. The summed E-state index contributed by atoms with van der Waals surface area (Å²) in [5.74, 6) is -0.658. The molecule has 0 spiro atoms. The van der Waals surface area contributed by atoms with Crippen LogP contribution in [0.3, 0.4) is 0 Å². The van der Waals surface area contributed by atoms with E-state index in [1.807, 2.05) is 0 Å². The summed E-state index contributed by atoms with van der Waals surface area (Å²) >= 11 is 0. The molecule has 1 heterocycles. The Hall–Kier alpha value is -1.08. The highest BCUT2D eigenvalue weighted by molar-refractivity contribution is 6.50. The van der Waals surface area contributed by atoms with E-state index < -0.39 is 42.0 Å². The highest BCUT2D eigenvalue weighted by Crippen LogP contribution is 2.55. The van der Waals surface area contributed by atoms with Gasteiger partial charge in [-0.05, 0) is 33.8 Å². The van der Waals surface area contributed by atoms with Gasteiger partial charge in [0.15, 0.2) is 5.78 Å². The van der Waals surface area contributed by atoms with Crippen LogP contribution in [0.1, 0.15) is 41.0 Å².